The second kappa shape index (κ2) is 8.43. The lowest BCUT2D eigenvalue weighted by Gasteiger charge is -2.17. The number of nitrogen functional groups attached to an aromatic ring is 1. The second-order valence-corrected chi connectivity index (χ2v) is 7.06. The first-order valence-electron chi connectivity index (χ1n) is 7.55. The zero-order valence-electron chi connectivity index (χ0n) is 12.9. The summed E-state index contributed by atoms with van der Waals surface area (Å²) in [6, 6.07) is 2.50. The minimum absolute atomic E-state index is 0.101. The summed E-state index contributed by atoms with van der Waals surface area (Å²) in [6.45, 7) is 4.23. The summed E-state index contributed by atoms with van der Waals surface area (Å²) in [4.78, 5) is 13.0. The highest BCUT2D eigenvalue weighted by Crippen LogP contribution is 2.24. The third-order valence-corrected chi connectivity index (χ3v) is 5.29. The third kappa shape index (κ3) is 4.91. The van der Waals surface area contributed by atoms with Crippen LogP contribution in [0.25, 0.3) is 0 Å². The van der Waals surface area contributed by atoms with E-state index in [9.17, 15) is 0 Å². The fourth-order valence-corrected chi connectivity index (χ4v) is 3.04. The number of nitrogens with zero attached hydrogens (tertiary/aromatic N) is 3. The molecule has 3 N–H and O–H groups in total. The number of hydrogen-bond donors (Lipinski definition) is 2. The summed E-state index contributed by atoms with van der Waals surface area (Å²) in [5.74, 6) is 1.51. The number of hydrogen-bond acceptors (Lipinski definition) is 6. The van der Waals surface area contributed by atoms with E-state index in [0.29, 0.717) is 17.8 Å². The number of rotatable bonds is 8. The maximum Gasteiger partial charge on any atom is 0.227 e. The molecule has 2 aromatic rings. The van der Waals surface area contributed by atoms with Gasteiger partial charge in [0.05, 0.1) is 4.83 Å². The van der Waals surface area contributed by atoms with E-state index in [0.717, 1.165) is 25.7 Å². The number of nitrogens with one attached hydrogen (secondary N) is 1. The summed E-state index contributed by atoms with van der Waals surface area (Å²) < 4.78 is 0. The van der Waals surface area contributed by atoms with E-state index in [4.69, 9.17) is 5.73 Å². The molecule has 5 nitrogen and oxygen atoms in total. The molecule has 0 amide bonds. The normalized spacial score (nSPS) is 13.8. The molecular formula is C15H22BrN5S. The van der Waals surface area contributed by atoms with Crippen LogP contribution in [0.5, 0.6) is 0 Å². The van der Waals surface area contributed by atoms with E-state index in [1.54, 1.807) is 11.3 Å². The lowest BCUT2D eigenvalue weighted by molar-refractivity contribution is 0.626. The molecule has 120 valence electrons. The Labute approximate surface area is 143 Å². The molecule has 0 aromatic carbocycles. The third-order valence-electron chi connectivity index (χ3n) is 3.50. The van der Waals surface area contributed by atoms with Crippen molar-refractivity contribution in [2.24, 2.45) is 0 Å². The zero-order valence-corrected chi connectivity index (χ0v) is 15.3. The van der Waals surface area contributed by atoms with Crippen LogP contribution in [-0.4, -0.2) is 21.0 Å². The molecule has 7 heteroatoms. The number of aromatic nitrogens is 3. The van der Waals surface area contributed by atoms with Crippen molar-refractivity contribution in [1.29, 1.82) is 0 Å². The van der Waals surface area contributed by atoms with Crippen LogP contribution >= 0.6 is 27.3 Å². The standard InChI is InChI=1S/C15H22BrN5S/c1-3-11(6-5-10-7-8-22-9-10)18-15-20-13(12(16)4-2)19-14(17)21-15/h7-9,11-12H,3-6H2,1-2H3,(H3,17,18,19,20,21). The quantitative estimate of drug-likeness (QED) is 0.668. The van der Waals surface area contributed by atoms with Crippen molar-refractivity contribution in [3.8, 4) is 0 Å². The Bertz CT molecular complexity index is 575. The van der Waals surface area contributed by atoms with Crippen LogP contribution in [0.3, 0.4) is 0 Å². The summed E-state index contributed by atoms with van der Waals surface area (Å²) in [6.07, 6.45) is 4.01. The van der Waals surface area contributed by atoms with Crippen LogP contribution in [0, 0.1) is 0 Å². The van der Waals surface area contributed by atoms with Gasteiger partial charge in [0.15, 0.2) is 0 Å². The highest BCUT2D eigenvalue weighted by atomic mass is 79.9. The number of nitrogens with two attached hydrogens (primary N) is 1. The van der Waals surface area contributed by atoms with Crippen LogP contribution in [-0.2, 0) is 6.42 Å². The van der Waals surface area contributed by atoms with Gasteiger partial charge < -0.3 is 11.1 Å². The van der Waals surface area contributed by atoms with Gasteiger partial charge in [-0.3, -0.25) is 0 Å². The maximum absolute atomic E-state index is 5.80. The Balaban J connectivity index is 2.02. The molecule has 2 heterocycles. The van der Waals surface area contributed by atoms with Gasteiger partial charge >= 0.3 is 0 Å². The summed E-state index contributed by atoms with van der Waals surface area (Å²) in [5, 5.41) is 7.70. The predicted octanol–water partition coefficient (Wildman–Crippen LogP) is 4.18. The van der Waals surface area contributed by atoms with E-state index < -0.39 is 0 Å². The van der Waals surface area contributed by atoms with Crippen molar-refractivity contribution in [3.63, 3.8) is 0 Å². The van der Waals surface area contributed by atoms with Crippen molar-refractivity contribution in [2.45, 2.75) is 50.4 Å². The van der Waals surface area contributed by atoms with Crippen LogP contribution in [0.15, 0.2) is 16.8 Å². The van der Waals surface area contributed by atoms with Gasteiger partial charge in [0.25, 0.3) is 0 Å². The van der Waals surface area contributed by atoms with Crippen molar-refractivity contribution in [2.75, 3.05) is 11.1 Å². The van der Waals surface area contributed by atoms with Crippen molar-refractivity contribution in [1.82, 2.24) is 15.0 Å². The first kappa shape index (κ1) is 17.1. The Hall–Kier alpha value is -1.21. The number of anilines is 2. The average molecular weight is 384 g/mol. The first-order chi connectivity index (χ1) is 10.6. The minimum atomic E-state index is 0.101. The number of alkyl halides is 1. The van der Waals surface area contributed by atoms with Crippen molar-refractivity contribution >= 4 is 39.2 Å². The SMILES string of the molecule is CCC(CCc1ccsc1)Nc1nc(N)nc(C(Br)CC)n1. The average Bonchev–Trinajstić information content (AvgIpc) is 3.03. The van der Waals surface area contributed by atoms with E-state index in [1.807, 2.05) is 0 Å². The fraction of sp³-hybridized carbons (Fsp3) is 0.533. The first-order valence-corrected chi connectivity index (χ1v) is 9.41. The Morgan fingerprint density at radius 1 is 1.27 bits per heavy atom. The molecule has 0 radical (unpaired) electrons. The number of aryl methyl sites for hydroxylation is 1. The molecule has 2 rings (SSSR count). The highest BCUT2D eigenvalue weighted by Gasteiger charge is 2.14. The Morgan fingerprint density at radius 2 is 2.09 bits per heavy atom. The molecule has 0 saturated carbocycles. The molecule has 22 heavy (non-hydrogen) atoms. The van der Waals surface area contributed by atoms with Crippen molar-refractivity contribution < 1.29 is 0 Å². The van der Waals surface area contributed by atoms with Gasteiger partial charge in [-0.25, -0.2) is 0 Å². The van der Waals surface area contributed by atoms with E-state index in [2.05, 4.69) is 66.9 Å². The monoisotopic (exact) mass is 383 g/mol. The second-order valence-electron chi connectivity index (χ2n) is 5.17. The topological polar surface area (TPSA) is 76.7 Å². The maximum atomic E-state index is 5.80. The van der Waals surface area contributed by atoms with Crippen LogP contribution in [0.1, 0.15) is 49.3 Å². The molecule has 2 atom stereocenters. The summed E-state index contributed by atoms with van der Waals surface area (Å²) in [7, 11) is 0. The van der Waals surface area contributed by atoms with Crippen LogP contribution in [0.2, 0.25) is 0 Å². The van der Waals surface area contributed by atoms with E-state index in [-0.39, 0.29) is 10.8 Å². The lowest BCUT2D eigenvalue weighted by Crippen LogP contribution is -2.22. The summed E-state index contributed by atoms with van der Waals surface area (Å²) >= 11 is 5.30. The van der Waals surface area contributed by atoms with Crippen LogP contribution in [0.4, 0.5) is 11.9 Å². The molecule has 0 spiro atoms. The Kier molecular flexibility index (Phi) is 6.57. The molecule has 2 unspecified atom stereocenters. The fourth-order valence-electron chi connectivity index (χ4n) is 2.13. The number of thiophene rings is 1. The minimum Gasteiger partial charge on any atom is -0.368 e. The molecule has 0 aliphatic rings. The van der Waals surface area contributed by atoms with Gasteiger partial charge in [-0.15, -0.1) is 0 Å². The van der Waals surface area contributed by atoms with Gasteiger partial charge in [0.2, 0.25) is 11.9 Å². The molecule has 0 fully saturated rings. The number of halogens is 1. The van der Waals surface area contributed by atoms with Gasteiger partial charge in [-0.1, -0.05) is 29.8 Å². The van der Waals surface area contributed by atoms with Crippen LogP contribution < -0.4 is 11.1 Å². The predicted molar refractivity (Wildman–Crippen MR) is 96.5 cm³/mol. The van der Waals surface area contributed by atoms with E-state index in [1.165, 1.54) is 5.56 Å². The van der Waals surface area contributed by atoms with Crippen molar-refractivity contribution in [3.05, 3.63) is 28.2 Å². The van der Waals surface area contributed by atoms with Gasteiger partial charge in [0, 0.05) is 6.04 Å². The molecule has 2 aromatic heterocycles. The molecule has 0 aliphatic carbocycles. The Morgan fingerprint density at radius 3 is 2.73 bits per heavy atom. The lowest BCUT2D eigenvalue weighted by atomic mass is 10.1. The zero-order chi connectivity index (χ0) is 15.9. The molecule has 0 bridgehead atoms. The molecule has 0 saturated heterocycles. The molecule has 0 aliphatic heterocycles. The smallest absolute Gasteiger partial charge is 0.227 e. The summed E-state index contributed by atoms with van der Waals surface area (Å²) in [5.41, 5.74) is 7.18. The molecular weight excluding hydrogens is 362 g/mol. The van der Waals surface area contributed by atoms with Gasteiger partial charge in [-0.05, 0) is 48.1 Å². The largest absolute Gasteiger partial charge is 0.368 e. The van der Waals surface area contributed by atoms with Gasteiger partial charge in [0.1, 0.15) is 5.82 Å². The highest BCUT2D eigenvalue weighted by molar-refractivity contribution is 9.09. The van der Waals surface area contributed by atoms with E-state index >= 15 is 0 Å². The van der Waals surface area contributed by atoms with Gasteiger partial charge in [-0.2, -0.15) is 26.3 Å².